The first-order valence-electron chi connectivity index (χ1n) is 9.22. The van der Waals surface area contributed by atoms with Crippen LogP contribution in [0.1, 0.15) is 16.9 Å². The fourth-order valence-electron chi connectivity index (χ4n) is 2.83. The molecule has 2 aromatic carbocycles. The molecule has 4 rings (SSSR count). The van der Waals surface area contributed by atoms with Gasteiger partial charge in [0.1, 0.15) is 17.3 Å². The highest BCUT2D eigenvalue weighted by molar-refractivity contribution is 9.10. The summed E-state index contributed by atoms with van der Waals surface area (Å²) in [6, 6.07) is 13.0. The number of hydrogen-bond acceptors (Lipinski definition) is 7. The van der Waals surface area contributed by atoms with Gasteiger partial charge in [-0.05, 0) is 66.4 Å². The Labute approximate surface area is 200 Å². The van der Waals surface area contributed by atoms with Gasteiger partial charge in [-0.3, -0.25) is 9.69 Å². The third-order valence-electron chi connectivity index (χ3n) is 4.39. The van der Waals surface area contributed by atoms with Crippen LogP contribution in [0.3, 0.4) is 0 Å². The molecule has 1 fully saturated rings. The number of aromatic hydroxyl groups is 2. The zero-order valence-corrected chi connectivity index (χ0v) is 19.4. The molecule has 0 spiro atoms. The summed E-state index contributed by atoms with van der Waals surface area (Å²) in [6.07, 6.45) is 4.47. The van der Waals surface area contributed by atoms with Gasteiger partial charge in [0, 0.05) is 20.6 Å². The molecule has 7 nitrogen and oxygen atoms in total. The number of benzene rings is 2. The van der Waals surface area contributed by atoms with Crippen LogP contribution in [0.15, 0.2) is 78.8 Å². The van der Waals surface area contributed by atoms with Gasteiger partial charge < -0.3 is 14.6 Å². The molecule has 2 heterocycles. The number of carbonyl (C=O) groups is 1. The van der Waals surface area contributed by atoms with Gasteiger partial charge >= 0.3 is 0 Å². The lowest BCUT2D eigenvalue weighted by atomic mass is 10.2. The maximum Gasteiger partial charge on any atom is 0.267 e. The van der Waals surface area contributed by atoms with Crippen LogP contribution in [0.4, 0.5) is 0 Å². The Morgan fingerprint density at radius 3 is 2.69 bits per heavy atom. The number of thioether (sulfide) groups is 1. The molecule has 1 saturated heterocycles. The number of furan rings is 1. The first kappa shape index (κ1) is 22.2. The molecule has 1 amide bonds. The number of amidine groups is 1. The second-order valence-corrected chi connectivity index (χ2v) is 8.98. The van der Waals surface area contributed by atoms with E-state index in [4.69, 9.17) is 16.0 Å². The summed E-state index contributed by atoms with van der Waals surface area (Å²) in [6.45, 7) is 0.164. The van der Waals surface area contributed by atoms with E-state index in [0.29, 0.717) is 32.0 Å². The van der Waals surface area contributed by atoms with Crippen molar-refractivity contribution in [3.63, 3.8) is 0 Å². The molecule has 2 N–H and O–H groups in total. The van der Waals surface area contributed by atoms with Gasteiger partial charge in [-0.15, -0.1) is 5.10 Å². The van der Waals surface area contributed by atoms with Crippen LogP contribution in [0.2, 0.25) is 5.02 Å². The van der Waals surface area contributed by atoms with Gasteiger partial charge in [0.2, 0.25) is 0 Å². The Balaban J connectivity index is 1.66. The zero-order valence-electron chi connectivity index (χ0n) is 16.3. The summed E-state index contributed by atoms with van der Waals surface area (Å²) in [5.41, 5.74) is 0.880. The smallest absolute Gasteiger partial charge is 0.267 e. The molecule has 1 aromatic heterocycles. The van der Waals surface area contributed by atoms with Crippen LogP contribution in [0.25, 0.3) is 6.08 Å². The van der Waals surface area contributed by atoms with Crippen molar-refractivity contribution in [3.05, 3.63) is 86.1 Å². The van der Waals surface area contributed by atoms with Crippen LogP contribution in [-0.2, 0) is 11.3 Å². The van der Waals surface area contributed by atoms with Crippen molar-refractivity contribution in [2.24, 2.45) is 10.2 Å². The van der Waals surface area contributed by atoms with Crippen LogP contribution in [0.5, 0.6) is 11.5 Å². The van der Waals surface area contributed by atoms with Gasteiger partial charge in [-0.2, -0.15) is 5.10 Å². The highest BCUT2D eigenvalue weighted by atomic mass is 79.9. The number of carbonyl (C=O) groups excluding carboxylic acids is 1. The molecular formula is C22H15BrClN3O4S. The summed E-state index contributed by atoms with van der Waals surface area (Å²) in [4.78, 5) is 14.9. The summed E-state index contributed by atoms with van der Waals surface area (Å²) in [7, 11) is 0. The molecule has 0 radical (unpaired) electrons. The molecule has 162 valence electrons. The molecule has 0 saturated carbocycles. The topological polar surface area (TPSA) is 98.6 Å². The van der Waals surface area contributed by atoms with Crippen molar-refractivity contribution in [3.8, 4) is 11.5 Å². The molecule has 1 aliphatic rings. The lowest BCUT2D eigenvalue weighted by Gasteiger charge is -2.12. The van der Waals surface area contributed by atoms with E-state index in [1.807, 2.05) is 0 Å². The number of phenolic OH excluding ortho intramolecular Hbond substituents is 2. The van der Waals surface area contributed by atoms with Crippen LogP contribution < -0.4 is 0 Å². The third-order valence-corrected chi connectivity index (χ3v) is 6.11. The minimum Gasteiger partial charge on any atom is -0.507 e. The summed E-state index contributed by atoms with van der Waals surface area (Å²) < 4.78 is 6.14. The van der Waals surface area contributed by atoms with Crippen molar-refractivity contribution in [1.29, 1.82) is 0 Å². The number of halogens is 2. The molecule has 0 bridgehead atoms. The molecule has 10 heteroatoms. The molecular weight excluding hydrogens is 518 g/mol. The Bertz CT molecular complexity index is 1260. The summed E-state index contributed by atoms with van der Waals surface area (Å²) >= 11 is 10.4. The fraction of sp³-hybridized carbons (Fsp3) is 0.0455. The van der Waals surface area contributed by atoms with Crippen LogP contribution in [-0.4, -0.2) is 32.4 Å². The maximum atomic E-state index is 13.1. The monoisotopic (exact) mass is 531 g/mol. The fourth-order valence-corrected chi connectivity index (χ4v) is 4.32. The Morgan fingerprint density at radius 2 is 1.91 bits per heavy atom. The van der Waals surface area contributed by atoms with E-state index in [0.717, 1.165) is 16.2 Å². The summed E-state index contributed by atoms with van der Waals surface area (Å²) in [5.74, 6) is 0.332. The largest absolute Gasteiger partial charge is 0.507 e. The minimum absolute atomic E-state index is 0.00616. The number of rotatable bonds is 5. The normalized spacial score (nSPS) is 16.7. The van der Waals surface area contributed by atoms with Crippen LogP contribution >= 0.6 is 39.3 Å². The Morgan fingerprint density at radius 1 is 1.12 bits per heavy atom. The molecule has 0 aliphatic carbocycles. The molecule has 32 heavy (non-hydrogen) atoms. The van der Waals surface area contributed by atoms with Gasteiger partial charge in [-0.1, -0.05) is 27.5 Å². The van der Waals surface area contributed by atoms with E-state index in [-0.39, 0.29) is 24.0 Å². The predicted octanol–water partition coefficient (Wildman–Crippen LogP) is 5.61. The van der Waals surface area contributed by atoms with Crippen molar-refractivity contribution in [1.82, 2.24) is 4.90 Å². The van der Waals surface area contributed by atoms with Crippen molar-refractivity contribution >= 4 is 62.7 Å². The lowest BCUT2D eigenvalue weighted by Crippen LogP contribution is -2.28. The standard InChI is InChI=1S/C22H15BrClN3O4S/c23-15-3-5-18(28)13(8-15)10-20-21(30)27(12-17-2-1-7-31-17)22(32-20)26-25-11-14-9-16(24)4-6-19(14)29/h1-11,28-29H,12H2/b20-10-,25-11+,26-22-. The second kappa shape index (κ2) is 9.64. The Hall–Kier alpha value is -3.01. The molecule has 1 aliphatic heterocycles. The maximum absolute atomic E-state index is 13.1. The highest BCUT2D eigenvalue weighted by Gasteiger charge is 2.34. The quantitative estimate of drug-likeness (QED) is 0.253. The van der Waals surface area contributed by atoms with E-state index in [9.17, 15) is 15.0 Å². The van der Waals surface area contributed by atoms with Gasteiger partial charge in [-0.25, -0.2) is 0 Å². The average molecular weight is 533 g/mol. The highest BCUT2D eigenvalue weighted by Crippen LogP contribution is 2.35. The minimum atomic E-state index is -0.301. The first-order chi connectivity index (χ1) is 15.4. The van der Waals surface area contributed by atoms with E-state index in [1.54, 1.807) is 42.5 Å². The lowest BCUT2D eigenvalue weighted by molar-refractivity contribution is -0.122. The first-order valence-corrected chi connectivity index (χ1v) is 11.2. The predicted molar refractivity (Wildman–Crippen MR) is 129 cm³/mol. The third kappa shape index (κ3) is 5.07. The second-order valence-electron chi connectivity index (χ2n) is 6.61. The SMILES string of the molecule is O=C1/C(=C/c2cc(Br)ccc2O)S/C(=N\N=C\c2cc(Cl)ccc2O)N1Cc1ccco1. The number of nitrogens with zero attached hydrogens (tertiary/aromatic N) is 3. The van der Waals surface area contributed by atoms with Gasteiger partial charge in [0.05, 0.1) is 23.9 Å². The number of phenols is 2. The van der Waals surface area contributed by atoms with E-state index < -0.39 is 0 Å². The summed E-state index contributed by atoms with van der Waals surface area (Å²) in [5, 5.41) is 29.0. The van der Waals surface area contributed by atoms with Gasteiger partial charge in [0.25, 0.3) is 5.91 Å². The van der Waals surface area contributed by atoms with E-state index >= 15 is 0 Å². The van der Waals surface area contributed by atoms with E-state index in [2.05, 4.69) is 26.1 Å². The van der Waals surface area contributed by atoms with Crippen molar-refractivity contribution in [2.75, 3.05) is 0 Å². The van der Waals surface area contributed by atoms with Crippen molar-refractivity contribution < 1.29 is 19.4 Å². The van der Waals surface area contributed by atoms with E-state index in [1.165, 1.54) is 29.5 Å². The van der Waals surface area contributed by atoms with Crippen LogP contribution in [0, 0.1) is 0 Å². The van der Waals surface area contributed by atoms with Gasteiger partial charge in [0.15, 0.2) is 5.17 Å². The zero-order chi connectivity index (χ0) is 22.7. The average Bonchev–Trinajstić information content (AvgIpc) is 3.37. The Kier molecular flexibility index (Phi) is 6.69. The number of hydrogen-bond donors (Lipinski definition) is 2. The number of amides is 1. The molecule has 0 unspecified atom stereocenters. The molecule has 0 atom stereocenters. The molecule has 3 aromatic rings. The van der Waals surface area contributed by atoms with Crippen molar-refractivity contribution in [2.45, 2.75) is 6.54 Å².